The van der Waals surface area contributed by atoms with Crippen LogP contribution in [0.15, 0.2) is 30.5 Å². The number of nitrogen functional groups attached to an aromatic ring is 1. The minimum atomic E-state index is -0.330. The minimum Gasteiger partial charge on any atom is -0.383 e. The predicted molar refractivity (Wildman–Crippen MR) is 67.0 cm³/mol. The van der Waals surface area contributed by atoms with Crippen molar-refractivity contribution in [1.29, 1.82) is 0 Å². The van der Waals surface area contributed by atoms with Crippen LogP contribution in [0.1, 0.15) is 10.4 Å². The fourth-order valence-electron chi connectivity index (χ4n) is 1.37. The van der Waals surface area contributed by atoms with Gasteiger partial charge in [-0.1, -0.05) is 23.7 Å². The lowest BCUT2D eigenvalue weighted by molar-refractivity contribution is 0.102. The Balaban J connectivity index is 2.23. The average Bonchev–Trinajstić information content (AvgIpc) is 2.63. The molecule has 5 nitrogen and oxygen atoms in total. The molecule has 2 aromatic rings. The zero-order valence-corrected chi connectivity index (χ0v) is 9.90. The quantitative estimate of drug-likeness (QED) is 0.855. The predicted octanol–water partition coefficient (Wildman–Crippen LogP) is 1.91. The van der Waals surface area contributed by atoms with E-state index in [4.69, 9.17) is 17.3 Å². The summed E-state index contributed by atoms with van der Waals surface area (Å²) in [5, 5.41) is 7.05. The Bertz CT molecular complexity index is 564. The number of nitrogens with zero attached hydrogens (tertiary/aromatic N) is 2. The molecule has 0 aliphatic heterocycles. The number of aryl methyl sites for hydroxylation is 1. The van der Waals surface area contributed by atoms with Gasteiger partial charge < -0.3 is 11.1 Å². The Kier molecular flexibility index (Phi) is 3.01. The van der Waals surface area contributed by atoms with Gasteiger partial charge in [-0.05, 0) is 12.1 Å². The second-order valence-corrected chi connectivity index (χ2v) is 3.91. The third-order valence-electron chi connectivity index (χ3n) is 2.35. The topological polar surface area (TPSA) is 72.9 Å². The number of carbonyl (C=O) groups is 1. The highest BCUT2D eigenvalue weighted by molar-refractivity contribution is 6.33. The van der Waals surface area contributed by atoms with Gasteiger partial charge in [0.05, 0.1) is 16.9 Å². The van der Waals surface area contributed by atoms with Gasteiger partial charge in [-0.3, -0.25) is 9.48 Å². The van der Waals surface area contributed by atoms with Crippen molar-refractivity contribution in [2.75, 3.05) is 11.1 Å². The van der Waals surface area contributed by atoms with E-state index in [2.05, 4.69) is 10.4 Å². The number of aromatic nitrogens is 2. The van der Waals surface area contributed by atoms with E-state index in [0.29, 0.717) is 22.1 Å². The molecule has 1 aromatic carbocycles. The smallest absolute Gasteiger partial charge is 0.261 e. The summed E-state index contributed by atoms with van der Waals surface area (Å²) in [6.07, 6.45) is 1.42. The van der Waals surface area contributed by atoms with Gasteiger partial charge in [0.1, 0.15) is 11.4 Å². The van der Waals surface area contributed by atoms with E-state index in [9.17, 15) is 4.79 Å². The van der Waals surface area contributed by atoms with Crippen molar-refractivity contribution >= 4 is 29.0 Å². The number of halogens is 1. The molecule has 17 heavy (non-hydrogen) atoms. The number of benzene rings is 1. The van der Waals surface area contributed by atoms with Crippen molar-refractivity contribution in [1.82, 2.24) is 9.78 Å². The van der Waals surface area contributed by atoms with Crippen LogP contribution in [-0.2, 0) is 7.05 Å². The average molecular weight is 251 g/mol. The SMILES string of the molecule is Cn1ncc(C(=O)Nc2ccccc2Cl)c1N. The van der Waals surface area contributed by atoms with Crippen molar-refractivity contribution in [3.05, 3.63) is 41.0 Å². The Morgan fingerprint density at radius 1 is 1.47 bits per heavy atom. The van der Waals surface area contributed by atoms with Crippen molar-refractivity contribution in [3.63, 3.8) is 0 Å². The first-order valence-corrected chi connectivity index (χ1v) is 5.30. The van der Waals surface area contributed by atoms with Gasteiger partial charge in [0.15, 0.2) is 0 Å². The summed E-state index contributed by atoms with van der Waals surface area (Å²) in [7, 11) is 1.67. The van der Waals surface area contributed by atoms with Gasteiger partial charge in [0.2, 0.25) is 0 Å². The summed E-state index contributed by atoms with van der Waals surface area (Å²) in [5.41, 5.74) is 6.57. The molecule has 88 valence electrons. The van der Waals surface area contributed by atoms with Crippen molar-refractivity contribution in [2.24, 2.45) is 7.05 Å². The molecule has 0 saturated carbocycles. The fourth-order valence-corrected chi connectivity index (χ4v) is 1.56. The molecule has 2 rings (SSSR count). The number of hydrogen-bond acceptors (Lipinski definition) is 3. The summed E-state index contributed by atoms with van der Waals surface area (Å²) in [5.74, 6) is -0.0155. The number of rotatable bonds is 2. The van der Waals surface area contributed by atoms with Gasteiger partial charge in [0.25, 0.3) is 5.91 Å². The standard InChI is InChI=1S/C11H11ClN4O/c1-16-10(13)7(6-14-16)11(17)15-9-5-3-2-4-8(9)12/h2-6H,13H2,1H3,(H,15,17). The summed E-state index contributed by atoms with van der Waals surface area (Å²) >= 11 is 5.93. The fraction of sp³-hybridized carbons (Fsp3) is 0.0909. The third kappa shape index (κ3) is 2.24. The molecule has 0 unspecified atom stereocenters. The lowest BCUT2D eigenvalue weighted by atomic mass is 10.2. The maximum Gasteiger partial charge on any atom is 0.261 e. The molecule has 3 N–H and O–H groups in total. The van der Waals surface area contributed by atoms with E-state index in [1.165, 1.54) is 10.9 Å². The second kappa shape index (κ2) is 4.47. The number of para-hydroxylation sites is 1. The van der Waals surface area contributed by atoms with Gasteiger partial charge in [-0.25, -0.2) is 0 Å². The third-order valence-corrected chi connectivity index (χ3v) is 2.68. The van der Waals surface area contributed by atoms with Gasteiger partial charge in [-0.15, -0.1) is 0 Å². The van der Waals surface area contributed by atoms with Gasteiger partial charge >= 0.3 is 0 Å². The maximum atomic E-state index is 11.9. The highest BCUT2D eigenvalue weighted by atomic mass is 35.5. The highest BCUT2D eigenvalue weighted by Crippen LogP contribution is 2.21. The molecule has 1 amide bonds. The van der Waals surface area contributed by atoms with Crippen LogP contribution in [0, 0.1) is 0 Å². The molecule has 1 aromatic heterocycles. The van der Waals surface area contributed by atoms with Crippen LogP contribution in [0.2, 0.25) is 5.02 Å². The summed E-state index contributed by atoms with van der Waals surface area (Å²) in [4.78, 5) is 11.9. The molecule has 0 saturated heterocycles. The number of carbonyl (C=O) groups excluding carboxylic acids is 1. The van der Waals surface area contributed by atoms with Crippen molar-refractivity contribution in [2.45, 2.75) is 0 Å². The molecule has 6 heteroatoms. The van der Waals surface area contributed by atoms with E-state index < -0.39 is 0 Å². The van der Waals surface area contributed by atoms with Crippen LogP contribution in [-0.4, -0.2) is 15.7 Å². The molecule has 0 aliphatic rings. The monoisotopic (exact) mass is 250 g/mol. The maximum absolute atomic E-state index is 11.9. The highest BCUT2D eigenvalue weighted by Gasteiger charge is 2.14. The van der Waals surface area contributed by atoms with Crippen LogP contribution in [0.3, 0.4) is 0 Å². The Morgan fingerprint density at radius 3 is 2.76 bits per heavy atom. The zero-order valence-electron chi connectivity index (χ0n) is 9.14. The largest absolute Gasteiger partial charge is 0.383 e. The lowest BCUT2D eigenvalue weighted by Crippen LogP contribution is -2.14. The number of anilines is 2. The van der Waals surface area contributed by atoms with Crippen LogP contribution in [0.25, 0.3) is 0 Å². The number of amides is 1. The van der Waals surface area contributed by atoms with Crippen LogP contribution >= 0.6 is 11.6 Å². The normalized spacial score (nSPS) is 10.2. The van der Waals surface area contributed by atoms with Crippen molar-refractivity contribution < 1.29 is 4.79 Å². The second-order valence-electron chi connectivity index (χ2n) is 3.50. The Morgan fingerprint density at radius 2 is 2.18 bits per heavy atom. The molecule has 0 fully saturated rings. The van der Waals surface area contributed by atoms with Crippen LogP contribution < -0.4 is 11.1 Å². The molecule has 1 heterocycles. The molecule has 0 bridgehead atoms. The van der Waals surface area contributed by atoms with Crippen LogP contribution in [0.5, 0.6) is 0 Å². The molecular formula is C11H11ClN4O. The van der Waals surface area contributed by atoms with E-state index >= 15 is 0 Å². The molecule has 0 spiro atoms. The summed E-state index contributed by atoms with van der Waals surface area (Å²) in [6, 6.07) is 6.99. The zero-order chi connectivity index (χ0) is 12.4. The van der Waals surface area contributed by atoms with E-state index in [0.717, 1.165) is 0 Å². The number of nitrogens with two attached hydrogens (primary N) is 1. The molecule has 0 radical (unpaired) electrons. The minimum absolute atomic E-state index is 0.314. The summed E-state index contributed by atoms with van der Waals surface area (Å²) in [6.45, 7) is 0. The van der Waals surface area contributed by atoms with Crippen molar-refractivity contribution in [3.8, 4) is 0 Å². The van der Waals surface area contributed by atoms with Crippen LogP contribution in [0.4, 0.5) is 11.5 Å². The number of nitrogens with one attached hydrogen (secondary N) is 1. The van der Waals surface area contributed by atoms with Gasteiger partial charge in [0, 0.05) is 7.05 Å². The lowest BCUT2D eigenvalue weighted by Gasteiger charge is -2.06. The number of hydrogen-bond donors (Lipinski definition) is 2. The van der Waals surface area contributed by atoms with E-state index in [-0.39, 0.29) is 5.91 Å². The summed E-state index contributed by atoms with van der Waals surface area (Å²) < 4.78 is 1.43. The Labute approximate surface area is 103 Å². The van der Waals surface area contributed by atoms with E-state index in [1.54, 1.807) is 31.3 Å². The Hall–Kier alpha value is -2.01. The van der Waals surface area contributed by atoms with E-state index in [1.807, 2.05) is 0 Å². The first kappa shape index (κ1) is 11.5. The first-order chi connectivity index (χ1) is 8.09. The van der Waals surface area contributed by atoms with Gasteiger partial charge in [-0.2, -0.15) is 5.10 Å². The molecule has 0 aliphatic carbocycles. The molecular weight excluding hydrogens is 240 g/mol. The first-order valence-electron chi connectivity index (χ1n) is 4.93. The molecule has 0 atom stereocenters.